The molecule has 0 aliphatic rings. The van der Waals surface area contributed by atoms with Gasteiger partial charge in [0.25, 0.3) is 0 Å². The van der Waals surface area contributed by atoms with Crippen molar-refractivity contribution in [2.45, 2.75) is 5.41 Å². The lowest BCUT2D eigenvalue weighted by Crippen LogP contribution is -2.39. The summed E-state index contributed by atoms with van der Waals surface area (Å²) in [6, 6.07) is 48.1. The Hall–Kier alpha value is -5.81. The molecule has 5 rings (SSSR count). The van der Waals surface area contributed by atoms with Gasteiger partial charge in [-0.3, -0.25) is 0 Å². The first-order chi connectivity index (χ1) is 36.4. The van der Waals surface area contributed by atoms with E-state index in [1.165, 1.54) is 0 Å². The molecular formula is C58H80N6O10. The highest BCUT2D eigenvalue weighted by Crippen LogP contribution is 2.41. The Balaban J connectivity index is 1.45. The zero-order valence-electron chi connectivity index (χ0n) is 43.6. The molecule has 5 aromatic carbocycles. The topological polar surface area (TPSA) is 176 Å². The van der Waals surface area contributed by atoms with E-state index in [0.29, 0.717) is 105 Å². The van der Waals surface area contributed by atoms with Crippen LogP contribution in [0.3, 0.4) is 0 Å². The van der Waals surface area contributed by atoms with E-state index in [1.54, 1.807) is 0 Å². The van der Waals surface area contributed by atoms with Crippen LogP contribution in [0.25, 0.3) is 0 Å². The molecule has 0 radical (unpaired) electrons. The first kappa shape index (κ1) is 59.1. The van der Waals surface area contributed by atoms with E-state index in [9.17, 15) is 15.5 Å². The largest absolute Gasteiger partial charge is 0.394 e. The Morgan fingerprint density at radius 2 is 0.595 bits per heavy atom. The lowest BCUT2D eigenvalue weighted by atomic mass is 9.70. The van der Waals surface area contributed by atoms with Crippen LogP contribution in [-0.2, 0) is 33.8 Å². The molecule has 0 saturated heterocycles. The van der Waals surface area contributed by atoms with Gasteiger partial charge in [0.15, 0.2) is 0 Å². The number of para-hydroxylation sites is 2. The molecular weight excluding hydrogens is 941 g/mol. The van der Waals surface area contributed by atoms with Crippen molar-refractivity contribution in [3.63, 3.8) is 0 Å². The molecule has 4 N–H and O–H groups in total. The second-order valence-corrected chi connectivity index (χ2v) is 17.6. The quantitative estimate of drug-likeness (QED) is 0.0294. The number of rotatable bonds is 40. The Bertz CT molecular complexity index is 2240. The van der Waals surface area contributed by atoms with Crippen LogP contribution in [0.1, 0.15) is 16.7 Å². The van der Waals surface area contributed by atoms with E-state index in [1.807, 2.05) is 67.5 Å². The Morgan fingerprint density at radius 1 is 0.338 bits per heavy atom. The van der Waals surface area contributed by atoms with Crippen LogP contribution in [0, 0.1) is 11.3 Å². The zero-order valence-corrected chi connectivity index (χ0v) is 43.6. The number of hydrogen-bond donors (Lipinski definition) is 4. The van der Waals surface area contributed by atoms with E-state index in [4.69, 9.17) is 38.6 Å². The summed E-state index contributed by atoms with van der Waals surface area (Å²) in [6.45, 7) is 9.63. The zero-order chi connectivity index (χ0) is 52.5. The SMILES string of the molecule is CN(C)c1ccc(C(C#N)(c2ccc(N(CCOCCO)CCN(CCOCCOCCO)c3ccccc3)cc2)c2ccc(N(CCOCCOCCO)CCN(CCOCCO)c3ccccc3)cc2)cc1. The second kappa shape index (κ2) is 34.6. The van der Waals surface area contributed by atoms with Gasteiger partial charge < -0.3 is 73.3 Å². The summed E-state index contributed by atoms with van der Waals surface area (Å²) >= 11 is 0. The molecule has 16 heteroatoms. The number of anilines is 5. The summed E-state index contributed by atoms with van der Waals surface area (Å²) in [4.78, 5) is 11.2. The van der Waals surface area contributed by atoms with Crippen molar-refractivity contribution >= 4 is 28.4 Å². The molecule has 1 atom stereocenters. The van der Waals surface area contributed by atoms with Gasteiger partial charge in [-0.1, -0.05) is 72.8 Å². The van der Waals surface area contributed by atoms with Gasteiger partial charge in [-0.2, -0.15) is 5.26 Å². The summed E-state index contributed by atoms with van der Waals surface area (Å²) in [5, 5.41) is 48.6. The molecule has 402 valence electrons. The van der Waals surface area contributed by atoms with E-state index >= 15 is 0 Å². The normalized spacial score (nSPS) is 12.0. The van der Waals surface area contributed by atoms with Gasteiger partial charge in [0.2, 0.25) is 0 Å². The lowest BCUT2D eigenvalue weighted by molar-refractivity contribution is 0.0351. The van der Waals surface area contributed by atoms with Crippen molar-refractivity contribution in [3.8, 4) is 6.07 Å². The first-order valence-electron chi connectivity index (χ1n) is 25.8. The van der Waals surface area contributed by atoms with Gasteiger partial charge in [-0.15, -0.1) is 0 Å². The summed E-state index contributed by atoms with van der Waals surface area (Å²) in [5.74, 6) is 0. The molecule has 0 aliphatic carbocycles. The average Bonchev–Trinajstić information content (AvgIpc) is 3.44. The van der Waals surface area contributed by atoms with Gasteiger partial charge in [-0.25, -0.2) is 0 Å². The molecule has 0 amide bonds. The highest BCUT2D eigenvalue weighted by atomic mass is 16.5. The van der Waals surface area contributed by atoms with Gasteiger partial charge in [0, 0.05) is 94.9 Å². The third-order valence-corrected chi connectivity index (χ3v) is 12.5. The monoisotopic (exact) mass is 1020 g/mol. The Morgan fingerprint density at radius 3 is 0.865 bits per heavy atom. The van der Waals surface area contributed by atoms with Gasteiger partial charge in [0.1, 0.15) is 5.41 Å². The third-order valence-electron chi connectivity index (χ3n) is 12.5. The van der Waals surface area contributed by atoms with Crippen molar-refractivity contribution in [2.24, 2.45) is 0 Å². The van der Waals surface area contributed by atoms with Crippen molar-refractivity contribution in [3.05, 3.63) is 150 Å². The van der Waals surface area contributed by atoms with Crippen LogP contribution in [0.2, 0.25) is 0 Å². The van der Waals surface area contributed by atoms with Crippen LogP contribution in [0.4, 0.5) is 28.4 Å². The molecule has 0 fully saturated rings. The highest BCUT2D eigenvalue weighted by molar-refractivity contribution is 5.63. The van der Waals surface area contributed by atoms with Gasteiger partial charge in [0.05, 0.1) is 112 Å². The van der Waals surface area contributed by atoms with Crippen molar-refractivity contribution < 1.29 is 48.8 Å². The summed E-state index contributed by atoms with van der Waals surface area (Å²) in [6.07, 6.45) is 0. The van der Waals surface area contributed by atoms with Gasteiger partial charge >= 0.3 is 0 Å². The fraction of sp³-hybridized carbons (Fsp3) is 0.466. The van der Waals surface area contributed by atoms with Crippen molar-refractivity contribution in [1.82, 2.24) is 0 Å². The predicted octanol–water partition coefficient (Wildman–Crippen LogP) is 5.31. The fourth-order valence-electron chi connectivity index (χ4n) is 8.59. The molecule has 0 spiro atoms. The van der Waals surface area contributed by atoms with Crippen LogP contribution in [0.15, 0.2) is 133 Å². The van der Waals surface area contributed by atoms with Gasteiger partial charge in [-0.05, 0) is 77.4 Å². The molecule has 0 saturated carbocycles. The molecule has 0 heterocycles. The minimum Gasteiger partial charge on any atom is -0.394 e. The number of benzene rings is 5. The molecule has 0 aromatic heterocycles. The maximum Gasteiger partial charge on any atom is 0.132 e. The fourth-order valence-corrected chi connectivity index (χ4v) is 8.59. The van der Waals surface area contributed by atoms with Crippen molar-refractivity contribution in [2.75, 3.05) is 197 Å². The van der Waals surface area contributed by atoms with E-state index in [2.05, 4.69) is 111 Å². The Labute approximate surface area is 439 Å². The molecule has 0 bridgehead atoms. The van der Waals surface area contributed by atoms with Crippen LogP contribution in [0.5, 0.6) is 0 Å². The number of nitrogens with zero attached hydrogens (tertiary/aromatic N) is 6. The maximum atomic E-state index is 11.6. The van der Waals surface area contributed by atoms with E-state index < -0.39 is 5.41 Å². The molecule has 5 aromatic rings. The summed E-state index contributed by atoms with van der Waals surface area (Å²) in [5.41, 5.74) is 6.45. The molecule has 0 aliphatic heterocycles. The van der Waals surface area contributed by atoms with Crippen LogP contribution >= 0.6 is 0 Å². The minimum atomic E-state index is -1.18. The van der Waals surface area contributed by atoms with E-state index in [-0.39, 0.29) is 52.9 Å². The van der Waals surface area contributed by atoms with Crippen LogP contribution < -0.4 is 24.5 Å². The first-order valence-corrected chi connectivity index (χ1v) is 25.8. The number of aliphatic hydroxyl groups is 4. The second-order valence-electron chi connectivity index (χ2n) is 17.6. The standard InChI is InChI=1S/C58H80N6O10/c1-60(2)53-19-13-50(14-20-53)58(49-59,51-15-21-56(22-16-51)63(30-38-70-42-34-66)27-26-62(55-11-7-4-8-12-55)31-39-71-45-47-73-43-35-67)52-17-23-57(24-18-52)64(32-40-72-46-48-74-44-36-68)28-25-61(29-37-69-41-33-65)54-9-5-3-6-10-54/h3-24,65-68H,25-48H2,1-2H3. The van der Waals surface area contributed by atoms with E-state index in [0.717, 1.165) is 45.1 Å². The highest BCUT2D eigenvalue weighted by Gasteiger charge is 2.37. The maximum absolute atomic E-state index is 11.6. The smallest absolute Gasteiger partial charge is 0.132 e. The minimum absolute atomic E-state index is 0.0191. The molecule has 74 heavy (non-hydrogen) atoms. The lowest BCUT2D eigenvalue weighted by Gasteiger charge is -2.33. The van der Waals surface area contributed by atoms with Crippen LogP contribution in [-0.4, -0.2) is 193 Å². The molecule has 1 unspecified atom stereocenters. The average molecular weight is 1020 g/mol. The van der Waals surface area contributed by atoms with Crippen molar-refractivity contribution in [1.29, 1.82) is 5.26 Å². The molecule has 16 nitrogen and oxygen atoms in total. The number of nitriles is 1. The number of ether oxygens (including phenoxy) is 6. The number of aliphatic hydroxyl groups excluding tert-OH is 4. The summed E-state index contributed by atoms with van der Waals surface area (Å²) < 4.78 is 34.2. The Kier molecular flexibility index (Phi) is 27.6. The summed E-state index contributed by atoms with van der Waals surface area (Å²) in [7, 11) is 4.00. The predicted molar refractivity (Wildman–Crippen MR) is 294 cm³/mol. The third kappa shape index (κ3) is 19.2. The number of hydrogen-bond acceptors (Lipinski definition) is 16.